The third kappa shape index (κ3) is 0.775. The first-order valence-electron chi connectivity index (χ1n) is 2.81. The van der Waals surface area contributed by atoms with Crippen LogP contribution in [0.4, 0.5) is 0 Å². The van der Waals surface area contributed by atoms with Crippen LogP contribution in [0.1, 0.15) is 13.3 Å². The maximum Gasteiger partial charge on any atom is 0.168 e. The maximum absolute atomic E-state index is 10.7. The predicted molar refractivity (Wildman–Crippen MR) is 34.2 cm³/mol. The Morgan fingerprint density at radius 3 is 2.40 bits per heavy atom. The van der Waals surface area contributed by atoms with Crippen molar-refractivity contribution in [2.45, 2.75) is 13.3 Å². The first-order chi connectivity index (χ1) is 4.66. The topological polar surface area (TPSA) is 69.9 Å². The molecule has 0 amide bonds. The van der Waals surface area contributed by atoms with Gasteiger partial charge < -0.3 is 10.3 Å². The molecule has 0 saturated carbocycles. The fraction of sp³-hybridized carbons (Fsp3) is 0.333. The number of carbonyl (C=O) groups excluding carboxylic acids is 1. The number of aliphatic hydroxyl groups excluding tert-OH is 1. The highest BCUT2D eigenvalue weighted by Gasteiger charge is 2.25. The van der Waals surface area contributed by atoms with Crippen LogP contribution in [0.2, 0.25) is 0 Å². The number of oxime groups is 1. The van der Waals surface area contributed by atoms with Gasteiger partial charge in [-0.25, -0.2) is 0 Å². The average molecular weight is 141 g/mol. The maximum atomic E-state index is 10.7. The second-order valence-electron chi connectivity index (χ2n) is 2.12. The molecular weight excluding hydrogens is 134 g/mol. The SMILES string of the molecule is CC1=C(O)/C(=N\O)CC1=O. The van der Waals surface area contributed by atoms with E-state index in [1.807, 2.05) is 0 Å². The lowest BCUT2D eigenvalue weighted by atomic mass is 10.2. The van der Waals surface area contributed by atoms with Crippen molar-refractivity contribution in [1.82, 2.24) is 0 Å². The standard InChI is InChI=1S/C6H7NO3/c1-3-5(8)2-4(7-10)6(3)9/h9-10H,2H2,1H3/b7-4-. The zero-order valence-corrected chi connectivity index (χ0v) is 5.46. The lowest BCUT2D eigenvalue weighted by Crippen LogP contribution is -1.97. The van der Waals surface area contributed by atoms with Gasteiger partial charge in [0.25, 0.3) is 0 Å². The number of hydrogen-bond donors (Lipinski definition) is 2. The van der Waals surface area contributed by atoms with Gasteiger partial charge in [-0.3, -0.25) is 4.79 Å². The molecule has 0 unspecified atom stereocenters. The number of ketones is 1. The third-order valence-electron chi connectivity index (χ3n) is 1.50. The van der Waals surface area contributed by atoms with E-state index in [0.29, 0.717) is 0 Å². The van der Waals surface area contributed by atoms with Gasteiger partial charge in [0.05, 0.1) is 6.42 Å². The van der Waals surface area contributed by atoms with Gasteiger partial charge in [-0.2, -0.15) is 0 Å². The molecule has 1 rings (SSSR count). The van der Waals surface area contributed by atoms with E-state index in [0.717, 1.165) is 0 Å². The van der Waals surface area contributed by atoms with Crippen molar-refractivity contribution in [1.29, 1.82) is 0 Å². The zero-order valence-electron chi connectivity index (χ0n) is 5.46. The lowest BCUT2D eigenvalue weighted by molar-refractivity contribution is -0.114. The van der Waals surface area contributed by atoms with Gasteiger partial charge in [-0.1, -0.05) is 5.16 Å². The molecule has 10 heavy (non-hydrogen) atoms. The molecule has 0 aliphatic heterocycles. The number of carbonyl (C=O) groups is 1. The molecule has 4 nitrogen and oxygen atoms in total. The molecule has 0 fully saturated rings. The Labute approximate surface area is 57.5 Å². The van der Waals surface area contributed by atoms with Crippen LogP contribution in [-0.2, 0) is 4.79 Å². The zero-order chi connectivity index (χ0) is 7.72. The van der Waals surface area contributed by atoms with Crippen LogP contribution in [0.5, 0.6) is 0 Å². The van der Waals surface area contributed by atoms with Gasteiger partial charge in [0.15, 0.2) is 5.78 Å². The highest BCUT2D eigenvalue weighted by molar-refractivity contribution is 6.22. The molecule has 4 heteroatoms. The fourth-order valence-electron chi connectivity index (χ4n) is 0.800. The van der Waals surface area contributed by atoms with Crippen molar-refractivity contribution in [2.24, 2.45) is 5.16 Å². The summed E-state index contributed by atoms with van der Waals surface area (Å²) >= 11 is 0. The first kappa shape index (κ1) is 6.80. The van der Waals surface area contributed by atoms with Crippen molar-refractivity contribution >= 4 is 11.5 Å². The molecule has 1 aliphatic rings. The summed E-state index contributed by atoms with van der Waals surface area (Å²) < 4.78 is 0. The summed E-state index contributed by atoms with van der Waals surface area (Å²) in [5, 5.41) is 20.0. The highest BCUT2D eigenvalue weighted by atomic mass is 16.4. The Bertz CT molecular complexity index is 239. The molecule has 0 bridgehead atoms. The third-order valence-corrected chi connectivity index (χ3v) is 1.50. The van der Waals surface area contributed by atoms with Gasteiger partial charge in [-0.15, -0.1) is 0 Å². The van der Waals surface area contributed by atoms with E-state index in [1.165, 1.54) is 6.92 Å². The number of hydrogen-bond acceptors (Lipinski definition) is 4. The predicted octanol–water partition coefficient (Wildman–Crippen LogP) is 0.621. The number of Topliss-reactive ketones (excluding diaryl/α,β-unsaturated/α-hetero) is 1. The van der Waals surface area contributed by atoms with Gasteiger partial charge >= 0.3 is 0 Å². The summed E-state index contributed by atoms with van der Waals surface area (Å²) in [7, 11) is 0. The van der Waals surface area contributed by atoms with Crippen molar-refractivity contribution in [3.63, 3.8) is 0 Å². The van der Waals surface area contributed by atoms with Crippen LogP contribution >= 0.6 is 0 Å². The van der Waals surface area contributed by atoms with E-state index < -0.39 is 0 Å². The summed E-state index contributed by atoms with van der Waals surface area (Å²) in [6.45, 7) is 1.50. The molecule has 1 aliphatic carbocycles. The summed E-state index contributed by atoms with van der Waals surface area (Å²) in [5.41, 5.74) is 0.329. The van der Waals surface area contributed by atoms with Crippen molar-refractivity contribution in [3.05, 3.63) is 11.3 Å². The van der Waals surface area contributed by atoms with Gasteiger partial charge in [0.2, 0.25) is 0 Å². The molecule has 0 aromatic heterocycles. The molecule has 0 aromatic rings. The molecule has 0 saturated heterocycles. The summed E-state index contributed by atoms with van der Waals surface area (Å²) in [6, 6.07) is 0. The van der Waals surface area contributed by atoms with Crippen molar-refractivity contribution < 1.29 is 15.1 Å². The van der Waals surface area contributed by atoms with E-state index in [1.54, 1.807) is 0 Å². The Morgan fingerprint density at radius 2 is 2.20 bits per heavy atom. The quantitative estimate of drug-likeness (QED) is 0.383. The minimum absolute atomic E-state index is 0.00810. The minimum Gasteiger partial charge on any atom is -0.505 e. The monoisotopic (exact) mass is 141 g/mol. The Balaban J connectivity index is 3.06. The molecule has 0 spiro atoms. The largest absolute Gasteiger partial charge is 0.505 e. The van der Waals surface area contributed by atoms with E-state index in [-0.39, 0.29) is 29.2 Å². The van der Waals surface area contributed by atoms with E-state index >= 15 is 0 Å². The number of nitrogens with zero attached hydrogens (tertiary/aromatic N) is 1. The smallest absolute Gasteiger partial charge is 0.168 e. The van der Waals surface area contributed by atoms with E-state index in [2.05, 4.69) is 5.16 Å². The summed E-state index contributed by atoms with van der Waals surface area (Å²) in [5.74, 6) is -0.377. The van der Waals surface area contributed by atoms with Gasteiger partial charge in [-0.05, 0) is 6.92 Å². The highest BCUT2D eigenvalue weighted by Crippen LogP contribution is 2.17. The molecule has 0 atom stereocenters. The second-order valence-corrected chi connectivity index (χ2v) is 2.12. The Morgan fingerprint density at radius 1 is 1.60 bits per heavy atom. The summed E-state index contributed by atoms with van der Waals surface area (Å²) in [6.07, 6.45) is 0.00810. The number of rotatable bonds is 0. The van der Waals surface area contributed by atoms with Crippen molar-refractivity contribution in [2.75, 3.05) is 0 Å². The van der Waals surface area contributed by atoms with Crippen LogP contribution in [0.25, 0.3) is 0 Å². The molecule has 0 radical (unpaired) electrons. The molecule has 2 N–H and O–H groups in total. The first-order valence-corrected chi connectivity index (χ1v) is 2.81. The molecular formula is C6H7NO3. The molecule has 54 valence electrons. The van der Waals surface area contributed by atoms with Crippen LogP contribution in [0, 0.1) is 0 Å². The lowest BCUT2D eigenvalue weighted by Gasteiger charge is -1.89. The molecule has 0 heterocycles. The second kappa shape index (κ2) is 2.13. The van der Waals surface area contributed by atoms with E-state index in [4.69, 9.17) is 10.3 Å². The number of allylic oxidation sites excluding steroid dienone is 2. The number of aliphatic hydroxyl groups is 1. The van der Waals surface area contributed by atoms with Crippen LogP contribution in [-0.4, -0.2) is 21.8 Å². The van der Waals surface area contributed by atoms with Crippen LogP contribution in [0.3, 0.4) is 0 Å². The molecule has 0 aromatic carbocycles. The minimum atomic E-state index is -0.190. The van der Waals surface area contributed by atoms with Gasteiger partial charge in [0, 0.05) is 5.57 Å². The average Bonchev–Trinajstić information content (AvgIpc) is 2.17. The normalized spacial score (nSPS) is 22.9. The fourth-order valence-corrected chi connectivity index (χ4v) is 0.800. The Kier molecular flexibility index (Phi) is 1.45. The van der Waals surface area contributed by atoms with Crippen LogP contribution in [0.15, 0.2) is 16.5 Å². The van der Waals surface area contributed by atoms with Gasteiger partial charge in [0.1, 0.15) is 11.5 Å². The van der Waals surface area contributed by atoms with Crippen molar-refractivity contribution in [3.8, 4) is 0 Å². The van der Waals surface area contributed by atoms with Crippen LogP contribution < -0.4 is 0 Å². The van der Waals surface area contributed by atoms with E-state index in [9.17, 15) is 4.79 Å². The summed E-state index contributed by atoms with van der Waals surface area (Å²) in [4.78, 5) is 10.7. The Hall–Kier alpha value is -1.32.